The molecule has 0 heterocycles. The van der Waals surface area contributed by atoms with Crippen LogP contribution in [-0.2, 0) is 13.0 Å². The van der Waals surface area contributed by atoms with Crippen LogP contribution in [0.25, 0.3) is 0 Å². The molecule has 0 atom stereocenters. The molecule has 0 aliphatic rings. The summed E-state index contributed by atoms with van der Waals surface area (Å²) in [5, 5.41) is 6.42. The summed E-state index contributed by atoms with van der Waals surface area (Å²) < 4.78 is 30.0. The fraction of sp³-hybridized carbons (Fsp3) is 0.381. The third kappa shape index (κ3) is 6.95. The molecule has 0 saturated carbocycles. The van der Waals surface area contributed by atoms with Gasteiger partial charge in [0.1, 0.15) is 5.82 Å². The molecule has 0 aliphatic heterocycles. The molecule has 2 rings (SSSR count). The molecule has 8 heteroatoms. The predicted octanol–water partition coefficient (Wildman–Crippen LogP) is 3.77. The molecule has 0 saturated heterocycles. The first-order valence-electron chi connectivity index (χ1n) is 9.18. The third-order valence-corrected chi connectivity index (χ3v) is 4.18. The van der Waals surface area contributed by atoms with Crippen molar-refractivity contribution in [3.8, 4) is 17.2 Å². The number of hydrogen-bond donors (Lipinski definition) is 2. The summed E-state index contributed by atoms with van der Waals surface area (Å²) in [6, 6.07) is 10.5. The molecule has 0 radical (unpaired) electrons. The normalized spacial score (nSPS) is 10.7. The van der Waals surface area contributed by atoms with Gasteiger partial charge in [0.2, 0.25) is 5.75 Å². The first-order valence-corrected chi connectivity index (χ1v) is 9.18. The van der Waals surface area contributed by atoms with Crippen LogP contribution in [0.1, 0.15) is 18.1 Å². The van der Waals surface area contributed by atoms with Gasteiger partial charge in [0.25, 0.3) is 0 Å². The second-order valence-electron chi connectivity index (χ2n) is 5.96. The van der Waals surface area contributed by atoms with Gasteiger partial charge >= 0.3 is 0 Å². The van der Waals surface area contributed by atoms with Gasteiger partial charge in [-0.15, -0.1) is 24.0 Å². The number of rotatable bonds is 9. The standard InChI is InChI=1S/C21H28FN3O3.HI/c1-5-23-21(24-13-12-15-8-6-7-9-17(15)22)25-14-16-10-11-18(26-2)20(28-4)19(16)27-3;/h6-11H,5,12-14H2,1-4H3,(H2,23,24,25);1H. The Morgan fingerprint density at radius 1 is 0.931 bits per heavy atom. The molecule has 6 nitrogen and oxygen atoms in total. The lowest BCUT2D eigenvalue weighted by Gasteiger charge is -2.16. The summed E-state index contributed by atoms with van der Waals surface area (Å²) in [7, 11) is 4.74. The average Bonchev–Trinajstić information content (AvgIpc) is 2.72. The van der Waals surface area contributed by atoms with Crippen LogP contribution in [0.4, 0.5) is 4.39 Å². The lowest BCUT2D eigenvalue weighted by atomic mass is 10.1. The highest BCUT2D eigenvalue weighted by Gasteiger charge is 2.15. The summed E-state index contributed by atoms with van der Waals surface area (Å²) in [5.41, 5.74) is 1.54. The summed E-state index contributed by atoms with van der Waals surface area (Å²) in [6.07, 6.45) is 0.566. The molecule has 0 aliphatic carbocycles. The van der Waals surface area contributed by atoms with Crippen molar-refractivity contribution >= 4 is 29.9 Å². The summed E-state index contributed by atoms with van der Waals surface area (Å²) >= 11 is 0. The highest BCUT2D eigenvalue weighted by Crippen LogP contribution is 2.39. The van der Waals surface area contributed by atoms with Gasteiger partial charge in [0, 0.05) is 18.7 Å². The van der Waals surface area contributed by atoms with E-state index in [2.05, 4.69) is 15.6 Å². The Morgan fingerprint density at radius 3 is 2.28 bits per heavy atom. The lowest BCUT2D eigenvalue weighted by molar-refractivity contribution is 0.322. The number of hydrogen-bond acceptors (Lipinski definition) is 4. The topological polar surface area (TPSA) is 64.1 Å². The van der Waals surface area contributed by atoms with Gasteiger partial charge < -0.3 is 24.8 Å². The highest BCUT2D eigenvalue weighted by molar-refractivity contribution is 14.0. The van der Waals surface area contributed by atoms with Crippen molar-refractivity contribution in [1.82, 2.24) is 10.6 Å². The number of aliphatic imine (C=N–C) groups is 1. The van der Waals surface area contributed by atoms with E-state index in [1.54, 1.807) is 33.5 Å². The highest BCUT2D eigenvalue weighted by atomic mass is 127. The molecule has 0 amide bonds. The third-order valence-electron chi connectivity index (χ3n) is 4.18. The molecule has 2 aromatic rings. The zero-order valence-electron chi connectivity index (χ0n) is 17.3. The molecular weight excluding hydrogens is 488 g/mol. The van der Waals surface area contributed by atoms with E-state index >= 15 is 0 Å². The monoisotopic (exact) mass is 517 g/mol. The van der Waals surface area contributed by atoms with Crippen LogP contribution in [0.5, 0.6) is 17.2 Å². The Balaban J connectivity index is 0.00000420. The van der Waals surface area contributed by atoms with Gasteiger partial charge in [0.05, 0.1) is 27.9 Å². The Labute approximate surface area is 188 Å². The smallest absolute Gasteiger partial charge is 0.203 e. The van der Waals surface area contributed by atoms with Crippen molar-refractivity contribution in [1.29, 1.82) is 0 Å². The van der Waals surface area contributed by atoms with Gasteiger partial charge in [-0.05, 0) is 37.1 Å². The van der Waals surface area contributed by atoms with E-state index in [-0.39, 0.29) is 29.8 Å². The number of guanidine groups is 1. The minimum absolute atomic E-state index is 0. The fourth-order valence-corrected chi connectivity index (χ4v) is 2.81. The molecule has 0 unspecified atom stereocenters. The largest absolute Gasteiger partial charge is 0.493 e. The lowest BCUT2D eigenvalue weighted by Crippen LogP contribution is -2.38. The number of nitrogens with zero attached hydrogens (tertiary/aromatic N) is 1. The molecule has 0 fully saturated rings. The fourth-order valence-electron chi connectivity index (χ4n) is 2.81. The zero-order chi connectivity index (χ0) is 20.4. The van der Waals surface area contributed by atoms with Crippen molar-refractivity contribution < 1.29 is 18.6 Å². The number of nitrogens with one attached hydrogen (secondary N) is 2. The average molecular weight is 517 g/mol. The number of methoxy groups -OCH3 is 3. The summed E-state index contributed by atoms with van der Waals surface area (Å²) in [5.74, 6) is 2.18. The van der Waals surface area contributed by atoms with Crippen LogP contribution in [0.2, 0.25) is 0 Å². The SMILES string of the molecule is CCNC(=NCc1ccc(OC)c(OC)c1OC)NCCc1ccccc1F.I. The Hall–Kier alpha value is -2.23. The Bertz CT molecular complexity index is 803. The maximum atomic E-state index is 13.7. The maximum Gasteiger partial charge on any atom is 0.203 e. The van der Waals surface area contributed by atoms with E-state index < -0.39 is 0 Å². The van der Waals surface area contributed by atoms with Crippen LogP contribution >= 0.6 is 24.0 Å². The molecule has 2 aromatic carbocycles. The molecule has 0 bridgehead atoms. The van der Waals surface area contributed by atoms with Crippen LogP contribution < -0.4 is 24.8 Å². The number of benzene rings is 2. The van der Waals surface area contributed by atoms with Crippen molar-refractivity contribution in [3.63, 3.8) is 0 Å². The first kappa shape index (κ1) is 24.8. The first-order chi connectivity index (χ1) is 13.6. The van der Waals surface area contributed by atoms with Gasteiger partial charge in [-0.1, -0.05) is 18.2 Å². The van der Waals surface area contributed by atoms with Crippen molar-refractivity contribution in [3.05, 3.63) is 53.3 Å². The quantitative estimate of drug-likeness (QED) is 0.301. The van der Waals surface area contributed by atoms with Crippen LogP contribution in [0, 0.1) is 5.82 Å². The van der Waals surface area contributed by atoms with E-state index in [0.29, 0.717) is 54.8 Å². The van der Waals surface area contributed by atoms with Gasteiger partial charge in [-0.2, -0.15) is 0 Å². The van der Waals surface area contributed by atoms with E-state index in [0.717, 1.165) is 5.56 Å². The number of ether oxygens (including phenoxy) is 3. The van der Waals surface area contributed by atoms with E-state index in [1.807, 2.05) is 25.1 Å². The van der Waals surface area contributed by atoms with Gasteiger partial charge in [-0.25, -0.2) is 9.38 Å². The molecule has 0 aromatic heterocycles. The predicted molar refractivity (Wildman–Crippen MR) is 124 cm³/mol. The maximum absolute atomic E-state index is 13.7. The molecule has 2 N–H and O–H groups in total. The van der Waals surface area contributed by atoms with Crippen molar-refractivity contribution in [2.45, 2.75) is 19.9 Å². The van der Waals surface area contributed by atoms with Crippen LogP contribution in [0.15, 0.2) is 41.4 Å². The van der Waals surface area contributed by atoms with Gasteiger partial charge in [-0.3, -0.25) is 0 Å². The van der Waals surface area contributed by atoms with E-state index in [1.165, 1.54) is 6.07 Å². The van der Waals surface area contributed by atoms with Crippen LogP contribution in [0.3, 0.4) is 0 Å². The minimum Gasteiger partial charge on any atom is -0.493 e. The molecule has 160 valence electrons. The van der Waals surface area contributed by atoms with E-state index in [9.17, 15) is 4.39 Å². The van der Waals surface area contributed by atoms with E-state index in [4.69, 9.17) is 14.2 Å². The summed E-state index contributed by atoms with van der Waals surface area (Å²) in [6.45, 7) is 3.66. The second kappa shape index (κ2) is 13.1. The zero-order valence-corrected chi connectivity index (χ0v) is 19.6. The van der Waals surface area contributed by atoms with Crippen molar-refractivity contribution in [2.75, 3.05) is 34.4 Å². The van der Waals surface area contributed by atoms with Gasteiger partial charge in [0.15, 0.2) is 17.5 Å². The molecule has 29 heavy (non-hydrogen) atoms. The molecule has 0 spiro atoms. The minimum atomic E-state index is -0.193. The molecular formula is C21H29FIN3O3. The second-order valence-corrected chi connectivity index (χ2v) is 5.96. The summed E-state index contributed by atoms with van der Waals surface area (Å²) in [4.78, 5) is 4.60. The van der Waals surface area contributed by atoms with Crippen molar-refractivity contribution in [2.24, 2.45) is 4.99 Å². The Morgan fingerprint density at radius 2 is 1.66 bits per heavy atom. The Kier molecular flexibility index (Phi) is 11.2. The number of halogens is 2. The van der Waals surface area contributed by atoms with Crippen LogP contribution in [-0.4, -0.2) is 40.4 Å².